The fourth-order valence-corrected chi connectivity index (χ4v) is 3.96. The summed E-state index contributed by atoms with van der Waals surface area (Å²) in [6, 6.07) is 0.0877. The van der Waals surface area contributed by atoms with Crippen molar-refractivity contribution in [1.82, 2.24) is 19.8 Å². The highest BCUT2D eigenvalue weighted by molar-refractivity contribution is 5.90. The van der Waals surface area contributed by atoms with E-state index in [4.69, 9.17) is 0 Å². The number of nitrogens with zero attached hydrogens (tertiary/aromatic N) is 4. The van der Waals surface area contributed by atoms with Crippen LogP contribution in [0.15, 0.2) is 24.8 Å². The lowest BCUT2D eigenvalue weighted by Crippen LogP contribution is -2.52. The van der Waals surface area contributed by atoms with Gasteiger partial charge in [-0.3, -0.25) is 9.59 Å². The van der Waals surface area contributed by atoms with Crippen LogP contribution in [0.3, 0.4) is 0 Å². The van der Waals surface area contributed by atoms with Crippen LogP contribution in [0, 0.1) is 5.92 Å². The molecule has 2 aromatic rings. The Morgan fingerprint density at radius 3 is 1.96 bits per heavy atom. The van der Waals surface area contributed by atoms with Gasteiger partial charge in [0.25, 0.3) is 0 Å². The largest absolute Gasteiger partial charge is 0.347 e. The fourth-order valence-electron chi connectivity index (χ4n) is 3.96. The Morgan fingerprint density at radius 2 is 1.48 bits per heavy atom. The molecule has 0 aliphatic heterocycles. The molecule has 2 heterocycles. The molecule has 8 nitrogen and oxygen atoms in total. The van der Waals surface area contributed by atoms with Gasteiger partial charge in [0.05, 0.1) is 28.2 Å². The van der Waals surface area contributed by atoms with Crippen LogP contribution in [-0.2, 0) is 28.2 Å². The highest BCUT2D eigenvalue weighted by atomic mass is 16.2. The molecule has 1 saturated carbocycles. The molecule has 0 spiro atoms. The SMILES string of the molecule is CC1CCC(NC(=O)c2n(C)cc[n+]2C)CC1NC(=O)c1n(C)cc[n+]1C. The number of hydrogen-bond acceptors (Lipinski definition) is 2. The lowest BCUT2D eigenvalue weighted by molar-refractivity contribution is -0.673. The second kappa shape index (κ2) is 7.54. The first-order valence-electron chi connectivity index (χ1n) is 9.41. The number of hydrogen-bond donors (Lipinski definition) is 2. The first-order chi connectivity index (χ1) is 12.8. The van der Waals surface area contributed by atoms with E-state index in [2.05, 4.69) is 17.6 Å². The van der Waals surface area contributed by atoms with Gasteiger partial charge in [0.15, 0.2) is 0 Å². The van der Waals surface area contributed by atoms with Crippen molar-refractivity contribution in [3.05, 3.63) is 36.4 Å². The number of carbonyl (C=O) groups is 2. The van der Waals surface area contributed by atoms with Crippen molar-refractivity contribution in [2.75, 3.05) is 0 Å². The molecule has 27 heavy (non-hydrogen) atoms. The standard InChI is InChI=1S/C19H28N6O2/c1-13-6-7-14(20-16(26)18-22(2)8-9-23(18)3)12-15(13)21-17(27)19-24(4)10-11-25(19)5/h8-11,13-15H,6-7,12H2,1-5H3/p+2. The lowest BCUT2D eigenvalue weighted by Gasteiger charge is -2.34. The minimum absolute atomic E-state index is 0.0358. The minimum Gasteiger partial charge on any atom is -0.343 e. The molecule has 1 aliphatic carbocycles. The molecule has 1 aliphatic rings. The summed E-state index contributed by atoms with van der Waals surface area (Å²) in [5.74, 6) is 1.44. The van der Waals surface area contributed by atoms with Gasteiger partial charge in [0, 0.05) is 12.1 Å². The molecule has 1 fully saturated rings. The second-order valence-electron chi connectivity index (χ2n) is 7.73. The average molecular weight is 374 g/mol. The molecule has 3 unspecified atom stereocenters. The Balaban J connectivity index is 1.66. The molecule has 2 N–H and O–H groups in total. The molecule has 0 saturated heterocycles. The van der Waals surface area contributed by atoms with Crippen LogP contribution in [0.2, 0.25) is 0 Å². The topological polar surface area (TPSA) is 75.8 Å². The van der Waals surface area contributed by atoms with Gasteiger partial charge < -0.3 is 10.6 Å². The number of nitrogens with one attached hydrogen (secondary N) is 2. The Bertz CT molecular complexity index is 814. The number of carbonyl (C=O) groups excluding carboxylic acids is 2. The first kappa shape index (κ1) is 19.1. The smallest absolute Gasteiger partial charge is 0.343 e. The third kappa shape index (κ3) is 3.89. The third-order valence-corrected chi connectivity index (χ3v) is 5.62. The maximum absolute atomic E-state index is 12.7. The normalized spacial score (nSPS) is 22.5. The number of aryl methyl sites for hydroxylation is 4. The van der Waals surface area contributed by atoms with Crippen molar-refractivity contribution in [1.29, 1.82) is 0 Å². The number of rotatable bonds is 4. The third-order valence-electron chi connectivity index (χ3n) is 5.62. The Morgan fingerprint density at radius 1 is 0.963 bits per heavy atom. The fraction of sp³-hybridized carbons (Fsp3) is 0.579. The predicted octanol–water partition coefficient (Wildman–Crippen LogP) is -0.270. The monoisotopic (exact) mass is 374 g/mol. The molecule has 0 aromatic carbocycles. The predicted molar refractivity (Wildman–Crippen MR) is 98.7 cm³/mol. The van der Waals surface area contributed by atoms with Gasteiger partial charge in [0.2, 0.25) is 0 Å². The minimum atomic E-state index is -0.0809. The molecule has 146 valence electrons. The van der Waals surface area contributed by atoms with Gasteiger partial charge >= 0.3 is 23.5 Å². The zero-order valence-corrected chi connectivity index (χ0v) is 16.8. The van der Waals surface area contributed by atoms with E-state index in [0.717, 1.165) is 19.3 Å². The summed E-state index contributed by atoms with van der Waals surface area (Å²) >= 11 is 0. The Kier molecular flexibility index (Phi) is 5.34. The molecule has 0 bridgehead atoms. The Hall–Kier alpha value is -2.64. The van der Waals surface area contributed by atoms with Gasteiger partial charge in [-0.2, -0.15) is 0 Å². The van der Waals surface area contributed by atoms with Crippen LogP contribution >= 0.6 is 0 Å². The van der Waals surface area contributed by atoms with E-state index in [1.54, 1.807) is 0 Å². The van der Waals surface area contributed by atoms with Crippen LogP contribution in [0.5, 0.6) is 0 Å². The van der Waals surface area contributed by atoms with Crippen LogP contribution in [0.4, 0.5) is 0 Å². The Labute approximate surface area is 159 Å². The van der Waals surface area contributed by atoms with E-state index in [9.17, 15) is 9.59 Å². The summed E-state index contributed by atoms with van der Waals surface area (Å²) in [4.78, 5) is 25.4. The summed E-state index contributed by atoms with van der Waals surface area (Å²) < 4.78 is 7.26. The van der Waals surface area contributed by atoms with Crippen LogP contribution in [0.25, 0.3) is 0 Å². The summed E-state index contributed by atoms with van der Waals surface area (Å²) in [5, 5.41) is 6.31. The van der Waals surface area contributed by atoms with Crippen LogP contribution < -0.4 is 19.8 Å². The molecule has 0 radical (unpaired) electrons. The van der Waals surface area contributed by atoms with E-state index < -0.39 is 0 Å². The first-order valence-corrected chi connectivity index (χ1v) is 9.41. The molecule has 3 atom stereocenters. The summed E-state index contributed by atoms with van der Waals surface area (Å²) in [6.45, 7) is 2.16. The summed E-state index contributed by atoms with van der Waals surface area (Å²) in [7, 11) is 7.45. The van der Waals surface area contributed by atoms with E-state index in [1.165, 1.54) is 0 Å². The van der Waals surface area contributed by atoms with Crippen molar-refractivity contribution in [2.24, 2.45) is 34.1 Å². The number of aromatic nitrogens is 4. The molecule has 2 amide bonds. The maximum atomic E-state index is 12.7. The van der Waals surface area contributed by atoms with Gasteiger partial charge in [-0.25, -0.2) is 18.3 Å². The van der Waals surface area contributed by atoms with Crippen molar-refractivity contribution in [2.45, 2.75) is 38.3 Å². The van der Waals surface area contributed by atoms with E-state index in [1.807, 2.05) is 71.2 Å². The molecular weight excluding hydrogens is 344 g/mol. The average Bonchev–Trinajstić information content (AvgIpc) is 3.12. The second-order valence-corrected chi connectivity index (χ2v) is 7.73. The summed E-state index contributed by atoms with van der Waals surface area (Å²) in [5.41, 5.74) is 0. The highest BCUT2D eigenvalue weighted by Gasteiger charge is 2.34. The van der Waals surface area contributed by atoms with Gasteiger partial charge in [0.1, 0.15) is 24.8 Å². The lowest BCUT2D eigenvalue weighted by atomic mass is 9.82. The molecule has 8 heteroatoms. The van der Waals surface area contributed by atoms with Gasteiger partial charge in [-0.1, -0.05) is 6.92 Å². The zero-order valence-electron chi connectivity index (χ0n) is 16.8. The van der Waals surface area contributed by atoms with Gasteiger partial charge in [-0.05, 0) is 25.2 Å². The van der Waals surface area contributed by atoms with Crippen molar-refractivity contribution in [3.8, 4) is 0 Å². The summed E-state index contributed by atoms with van der Waals surface area (Å²) in [6.07, 6.45) is 10.1. The number of imidazole rings is 2. The van der Waals surface area contributed by atoms with Gasteiger partial charge in [-0.15, -0.1) is 0 Å². The maximum Gasteiger partial charge on any atom is 0.347 e. The van der Waals surface area contributed by atoms with Crippen molar-refractivity contribution >= 4 is 11.8 Å². The van der Waals surface area contributed by atoms with E-state index in [-0.39, 0.29) is 23.9 Å². The van der Waals surface area contributed by atoms with E-state index >= 15 is 0 Å². The quantitative estimate of drug-likeness (QED) is 0.723. The molecule has 2 aromatic heterocycles. The van der Waals surface area contributed by atoms with Crippen LogP contribution in [-0.4, -0.2) is 33.0 Å². The zero-order chi connectivity index (χ0) is 19.7. The van der Waals surface area contributed by atoms with Crippen molar-refractivity contribution < 1.29 is 18.7 Å². The molecular formula is C19H30N6O2+2. The van der Waals surface area contributed by atoms with E-state index in [0.29, 0.717) is 17.6 Å². The molecule has 3 rings (SSSR count). The van der Waals surface area contributed by atoms with Crippen molar-refractivity contribution in [3.63, 3.8) is 0 Å². The van der Waals surface area contributed by atoms with Crippen LogP contribution in [0.1, 0.15) is 47.4 Å². The number of amides is 2. The highest BCUT2D eigenvalue weighted by Crippen LogP contribution is 2.25.